The number of benzene rings is 1. The van der Waals surface area contributed by atoms with Crippen molar-refractivity contribution in [2.45, 2.75) is 38.5 Å². The molecule has 0 saturated carbocycles. The minimum Gasteiger partial charge on any atom is -0.379 e. The molecule has 0 aliphatic rings. The summed E-state index contributed by atoms with van der Waals surface area (Å²) in [6, 6.07) is 8.73. The molecule has 0 radical (unpaired) electrons. The Morgan fingerprint density at radius 3 is 2.67 bits per heavy atom. The molecule has 21 heavy (non-hydrogen) atoms. The van der Waals surface area contributed by atoms with E-state index in [1.807, 2.05) is 19.9 Å². The molecule has 1 aromatic carbocycles. The molecule has 1 rings (SSSR count). The van der Waals surface area contributed by atoms with E-state index in [0.29, 0.717) is 24.3 Å². The second-order valence-electron chi connectivity index (χ2n) is 5.05. The highest BCUT2D eigenvalue weighted by molar-refractivity contribution is 7.88. The summed E-state index contributed by atoms with van der Waals surface area (Å²) in [5, 5.41) is 8.95. The van der Waals surface area contributed by atoms with E-state index in [9.17, 15) is 8.42 Å². The molecule has 0 saturated heterocycles. The second-order valence-corrected chi connectivity index (χ2v) is 6.86. The molecule has 0 amide bonds. The van der Waals surface area contributed by atoms with E-state index in [-0.39, 0.29) is 11.9 Å². The Kier molecular flexibility index (Phi) is 7.37. The summed E-state index contributed by atoms with van der Waals surface area (Å²) in [6.07, 6.45) is 1.74. The van der Waals surface area contributed by atoms with E-state index >= 15 is 0 Å². The summed E-state index contributed by atoms with van der Waals surface area (Å²) in [5.41, 5.74) is 0.920. The minimum absolute atomic E-state index is 0.167. The Bertz CT molecular complexity index is 577. The van der Waals surface area contributed by atoms with Gasteiger partial charge in [-0.15, -0.1) is 0 Å². The predicted octanol–water partition coefficient (Wildman–Crippen LogP) is 2.18. The summed E-state index contributed by atoms with van der Waals surface area (Å²) in [5.74, 6) is -0.167. The molecule has 6 heteroatoms. The SMILES string of the molecule is CC(C)OCCCCNS(=O)(=O)Cc1ccccc1C#N. The first kappa shape index (κ1) is 17.6. The van der Waals surface area contributed by atoms with E-state index in [2.05, 4.69) is 4.72 Å². The lowest BCUT2D eigenvalue weighted by Crippen LogP contribution is -2.26. The largest absolute Gasteiger partial charge is 0.379 e. The molecule has 0 aliphatic heterocycles. The molecule has 0 atom stereocenters. The van der Waals surface area contributed by atoms with Crippen LogP contribution >= 0.6 is 0 Å². The van der Waals surface area contributed by atoms with Gasteiger partial charge in [-0.2, -0.15) is 5.26 Å². The lowest BCUT2D eigenvalue weighted by molar-refractivity contribution is 0.0762. The number of sulfonamides is 1. The van der Waals surface area contributed by atoms with E-state index < -0.39 is 10.0 Å². The van der Waals surface area contributed by atoms with Crippen LogP contribution in [0.5, 0.6) is 0 Å². The summed E-state index contributed by atoms with van der Waals surface area (Å²) in [7, 11) is -3.41. The van der Waals surface area contributed by atoms with Crippen molar-refractivity contribution in [3.63, 3.8) is 0 Å². The monoisotopic (exact) mass is 310 g/mol. The Labute approximate surface area is 127 Å². The van der Waals surface area contributed by atoms with Crippen LogP contribution in [0.15, 0.2) is 24.3 Å². The molecule has 0 unspecified atom stereocenters. The van der Waals surface area contributed by atoms with Crippen LogP contribution in [0.1, 0.15) is 37.8 Å². The van der Waals surface area contributed by atoms with Crippen molar-refractivity contribution in [3.8, 4) is 6.07 Å². The van der Waals surface area contributed by atoms with Gasteiger partial charge in [0.2, 0.25) is 10.0 Å². The molecule has 0 spiro atoms. The fourth-order valence-corrected chi connectivity index (χ4v) is 3.00. The third-order valence-corrected chi connectivity index (χ3v) is 4.16. The number of nitrogens with zero attached hydrogens (tertiary/aromatic N) is 1. The zero-order valence-electron chi connectivity index (χ0n) is 12.5. The fourth-order valence-electron chi connectivity index (χ4n) is 1.78. The van der Waals surface area contributed by atoms with Gasteiger partial charge in [-0.25, -0.2) is 13.1 Å². The Hall–Kier alpha value is -1.42. The van der Waals surface area contributed by atoms with Gasteiger partial charge < -0.3 is 4.74 Å². The number of nitrogens with one attached hydrogen (secondary N) is 1. The molecular weight excluding hydrogens is 288 g/mol. The first-order chi connectivity index (χ1) is 9.94. The Balaban J connectivity index is 2.39. The van der Waals surface area contributed by atoms with Gasteiger partial charge >= 0.3 is 0 Å². The quantitative estimate of drug-likeness (QED) is 0.709. The summed E-state index contributed by atoms with van der Waals surface area (Å²) < 4.78 is 31.9. The van der Waals surface area contributed by atoms with Gasteiger partial charge in [-0.1, -0.05) is 18.2 Å². The Morgan fingerprint density at radius 2 is 2.00 bits per heavy atom. The summed E-state index contributed by atoms with van der Waals surface area (Å²) >= 11 is 0. The first-order valence-corrected chi connectivity index (χ1v) is 8.67. The van der Waals surface area contributed by atoms with Gasteiger partial charge in [-0.05, 0) is 38.3 Å². The smallest absolute Gasteiger partial charge is 0.215 e. The lowest BCUT2D eigenvalue weighted by atomic mass is 10.1. The highest BCUT2D eigenvalue weighted by Crippen LogP contribution is 2.10. The van der Waals surface area contributed by atoms with Gasteiger partial charge in [0.25, 0.3) is 0 Å². The third kappa shape index (κ3) is 7.23. The maximum absolute atomic E-state index is 12.0. The van der Waals surface area contributed by atoms with Crippen LogP contribution in [-0.2, 0) is 20.5 Å². The first-order valence-electron chi connectivity index (χ1n) is 7.01. The molecule has 1 aromatic rings. The van der Waals surface area contributed by atoms with Crippen molar-refractivity contribution in [2.24, 2.45) is 0 Å². The zero-order valence-corrected chi connectivity index (χ0v) is 13.3. The normalized spacial score (nSPS) is 11.5. The summed E-state index contributed by atoms with van der Waals surface area (Å²) in [4.78, 5) is 0. The van der Waals surface area contributed by atoms with E-state index in [4.69, 9.17) is 10.00 Å². The maximum atomic E-state index is 12.0. The van der Waals surface area contributed by atoms with Crippen molar-refractivity contribution in [1.29, 1.82) is 5.26 Å². The molecule has 0 fully saturated rings. The van der Waals surface area contributed by atoms with Crippen LogP contribution in [0.25, 0.3) is 0 Å². The number of rotatable bonds is 9. The lowest BCUT2D eigenvalue weighted by Gasteiger charge is -2.09. The number of unbranched alkanes of at least 4 members (excludes halogenated alkanes) is 1. The standard InChI is InChI=1S/C15H22N2O3S/c1-13(2)20-10-6-5-9-17-21(18,19)12-15-8-4-3-7-14(15)11-16/h3-4,7-8,13,17H,5-6,9-10,12H2,1-2H3. The van der Waals surface area contributed by atoms with Crippen LogP contribution in [0.4, 0.5) is 0 Å². The second kappa shape index (κ2) is 8.78. The van der Waals surface area contributed by atoms with Crippen LogP contribution in [0.3, 0.4) is 0 Å². The molecule has 5 nitrogen and oxygen atoms in total. The topological polar surface area (TPSA) is 79.2 Å². The van der Waals surface area contributed by atoms with E-state index in [0.717, 1.165) is 12.8 Å². The molecule has 0 aromatic heterocycles. The number of hydrogen-bond acceptors (Lipinski definition) is 4. The molecule has 1 N–H and O–H groups in total. The highest BCUT2D eigenvalue weighted by Gasteiger charge is 2.13. The van der Waals surface area contributed by atoms with Gasteiger partial charge in [0.1, 0.15) is 0 Å². The molecule has 116 valence electrons. The molecule has 0 aliphatic carbocycles. The van der Waals surface area contributed by atoms with Crippen LogP contribution in [-0.4, -0.2) is 27.7 Å². The average Bonchev–Trinajstić information content (AvgIpc) is 2.42. The zero-order chi connectivity index (χ0) is 15.7. The van der Waals surface area contributed by atoms with Crippen LogP contribution < -0.4 is 4.72 Å². The van der Waals surface area contributed by atoms with Gasteiger partial charge in [0.05, 0.1) is 23.5 Å². The van der Waals surface area contributed by atoms with Gasteiger partial charge in [0.15, 0.2) is 0 Å². The van der Waals surface area contributed by atoms with E-state index in [1.165, 1.54) is 0 Å². The van der Waals surface area contributed by atoms with Gasteiger partial charge in [-0.3, -0.25) is 0 Å². The minimum atomic E-state index is -3.41. The average molecular weight is 310 g/mol. The number of nitriles is 1. The van der Waals surface area contributed by atoms with Crippen molar-refractivity contribution >= 4 is 10.0 Å². The predicted molar refractivity (Wildman–Crippen MR) is 82.1 cm³/mol. The Morgan fingerprint density at radius 1 is 1.29 bits per heavy atom. The van der Waals surface area contributed by atoms with Crippen molar-refractivity contribution < 1.29 is 13.2 Å². The fraction of sp³-hybridized carbons (Fsp3) is 0.533. The number of ether oxygens (including phenoxy) is 1. The summed E-state index contributed by atoms with van der Waals surface area (Å²) in [6.45, 7) is 4.96. The maximum Gasteiger partial charge on any atom is 0.215 e. The van der Waals surface area contributed by atoms with Crippen molar-refractivity contribution in [2.75, 3.05) is 13.2 Å². The highest BCUT2D eigenvalue weighted by atomic mass is 32.2. The van der Waals surface area contributed by atoms with Crippen molar-refractivity contribution in [3.05, 3.63) is 35.4 Å². The molecule has 0 bridgehead atoms. The van der Waals surface area contributed by atoms with Crippen LogP contribution in [0, 0.1) is 11.3 Å². The van der Waals surface area contributed by atoms with E-state index in [1.54, 1.807) is 24.3 Å². The number of hydrogen-bond donors (Lipinski definition) is 1. The van der Waals surface area contributed by atoms with Gasteiger partial charge in [0, 0.05) is 13.2 Å². The van der Waals surface area contributed by atoms with Crippen LogP contribution in [0.2, 0.25) is 0 Å². The molecular formula is C15H22N2O3S. The van der Waals surface area contributed by atoms with Crippen molar-refractivity contribution in [1.82, 2.24) is 4.72 Å². The molecule has 0 heterocycles. The third-order valence-electron chi connectivity index (χ3n) is 2.83.